The van der Waals surface area contributed by atoms with Gasteiger partial charge in [0.15, 0.2) is 11.2 Å². The smallest absolute Gasteiger partial charge is 0.202 e. The molecule has 0 atom stereocenters. The minimum Gasteiger partial charge on any atom is -0.438 e. The van der Waals surface area contributed by atoms with Crippen LogP contribution in [0.1, 0.15) is 32.2 Å². The van der Waals surface area contributed by atoms with Crippen LogP contribution in [0.25, 0.3) is 11.2 Å². The lowest BCUT2D eigenvalue weighted by molar-refractivity contribution is 0.410. The van der Waals surface area contributed by atoms with Gasteiger partial charge < -0.3 is 10.2 Å². The Bertz CT molecular complexity index is 482. The average molecular weight is 205 g/mol. The van der Waals surface area contributed by atoms with Crippen LogP contribution in [0.15, 0.2) is 16.7 Å². The Kier molecular flexibility index (Phi) is 2.23. The fraction of sp³-hybridized carbons (Fsp3) is 0.455. The second kappa shape index (κ2) is 3.31. The van der Waals surface area contributed by atoms with Gasteiger partial charge >= 0.3 is 0 Å². The second-order valence-corrected chi connectivity index (χ2v) is 4.60. The van der Waals surface area contributed by atoms with Crippen LogP contribution in [-0.4, -0.2) is 9.97 Å². The molecule has 2 heterocycles. The van der Waals surface area contributed by atoms with E-state index >= 15 is 0 Å². The summed E-state index contributed by atoms with van der Waals surface area (Å²) in [6.45, 7) is 6.61. The van der Waals surface area contributed by atoms with Gasteiger partial charge in [-0.25, -0.2) is 4.98 Å². The number of nitrogens with two attached hydrogens (primary N) is 1. The summed E-state index contributed by atoms with van der Waals surface area (Å²) in [5.41, 5.74) is 7.82. The minimum absolute atomic E-state index is 0.105. The number of hydrogen-bond donors (Lipinski definition) is 1. The van der Waals surface area contributed by atoms with E-state index in [0.29, 0.717) is 23.7 Å². The van der Waals surface area contributed by atoms with Crippen molar-refractivity contribution in [2.75, 3.05) is 0 Å². The third-order valence-corrected chi connectivity index (χ3v) is 2.23. The zero-order valence-electron chi connectivity index (χ0n) is 9.24. The highest BCUT2D eigenvalue weighted by Crippen LogP contribution is 2.26. The molecule has 2 N–H and O–H groups in total. The highest BCUT2D eigenvalue weighted by atomic mass is 16.4. The van der Waals surface area contributed by atoms with Crippen LogP contribution in [0.4, 0.5) is 0 Å². The molecule has 0 aliphatic heterocycles. The number of fused-ring (bicyclic) bond motifs is 1. The normalized spacial score (nSPS) is 12.3. The van der Waals surface area contributed by atoms with Crippen molar-refractivity contribution in [3.8, 4) is 0 Å². The van der Waals surface area contributed by atoms with Crippen LogP contribution >= 0.6 is 0 Å². The molecule has 0 spiro atoms. The summed E-state index contributed by atoms with van der Waals surface area (Å²) in [5.74, 6) is 0.700. The summed E-state index contributed by atoms with van der Waals surface area (Å²) in [7, 11) is 0. The van der Waals surface area contributed by atoms with Gasteiger partial charge in [0.05, 0.1) is 0 Å². The molecule has 0 aromatic carbocycles. The van der Waals surface area contributed by atoms with E-state index in [2.05, 4.69) is 30.7 Å². The topological polar surface area (TPSA) is 64.9 Å². The molecule has 2 aromatic rings. The zero-order chi connectivity index (χ0) is 11.1. The summed E-state index contributed by atoms with van der Waals surface area (Å²) in [6.07, 6.45) is 1.71. The first-order chi connectivity index (χ1) is 7.02. The quantitative estimate of drug-likeness (QED) is 0.773. The molecular weight excluding hydrogens is 190 g/mol. The standard InChI is InChI=1S/C11H15N3O/c1-11(2,3)10-14-9-8(15-10)7(6-12)4-5-13-9/h4-5H,6,12H2,1-3H3. The maximum absolute atomic E-state index is 5.70. The van der Waals surface area contributed by atoms with E-state index in [-0.39, 0.29) is 5.41 Å². The molecule has 0 aliphatic rings. The highest BCUT2D eigenvalue weighted by molar-refractivity contribution is 5.71. The number of pyridine rings is 1. The van der Waals surface area contributed by atoms with E-state index in [0.717, 1.165) is 5.56 Å². The lowest BCUT2D eigenvalue weighted by Crippen LogP contribution is -2.11. The van der Waals surface area contributed by atoms with Crippen molar-refractivity contribution in [3.63, 3.8) is 0 Å². The fourth-order valence-electron chi connectivity index (χ4n) is 1.36. The molecule has 0 saturated heterocycles. The van der Waals surface area contributed by atoms with Crippen LogP contribution in [0.3, 0.4) is 0 Å². The molecule has 0 amide bonds. The Morgan fingerprint density at radius 1 is 1.40 bits per heavy atom. The number of rotatable bonds is 1. The number of nitrogens with zero attached hydrogens (tertiary/aromatic N) is 2. The Hall–Kier alpha value is -1.42. The average Bonchev–Trinajstić information content (AvgIpc) is 2.59. The van der Waals surface area contributed by atoms with Gasteiger partial charge in [0.2, 0.25) is 5.89 Å². The summed E-state index contributed by atoms with van der Waals surface area (Å²) < 4.78 is 5.70. The van der Waals surface area contributed by atoms with Crippen LogP contribution in [0.5, 0.6) is 0 Å². The molecule has 4 heteroatoms. The fourth-order valence-corrected chi connectivity index (χ4v) is 1.36. The van der Waals surface area contributed by atoms with E-state index in [1.165, 1.54) is 0 Å². The van der Waals surface area contributed by atoms with Gasteiger partial charge in [-0.15, -0.1) is 0 Å². The predicted molar refractivity (Wildman–Crippen MR) is 58.4 cm³/mol. The molecular formula is C11H15N3O. The lowest BCUT2D eigenvalue weighted by atomic mass is 9.97. The summed E-state index contributed by atoms with van der Waals surface area (Å²) in [4.78, 5) is 8.52. The number of hydrogen-bond acceptors (Lipinski definition) is 4. The zero-order valence-corrected chi connectivity index (χ0v) is 9.24. The van der Waals surface area contributed by atoms with E-state index in [4.69, 9.17) is 10.2 Å². The van der Waals surface area contributed by atoms with Gasteiger partial charge in [0.1, 0.15) is 0 Å². The molecule has 80 valence electrons. The first kappa shape index (κ1) is 10.1. The molecule has 0 aliphatic carbocycles. The van der Waals surface area contributed by atoms with Crippen molar-refractivity contribution in [3.05, 3.63) is 23.7 Å². The summed E-state index contributed by atoms with van der Waals surface area (Å²) >= 11 is 0. The maximum Gasteiger partial charge on any atom is 0.202 e. The van der Waals surface area contributed by atoms with Crippen LogP contribution < -0.4 is 5.73 Å². The molecule has 0 radical (unpaired) electrons. The third-order valence-electron chi connectivity index (χ3n) is 2.23. The number of aromatic nitrogens is 2. The van der Waals surface area contributed by atoms with Gasteiger partial charge in [-0.05, 0) is 6.07 Å². The molecule has 0 fully saturated rings. The van der Waals surface area contributed by atoms with Crippen molar-refractivity contribution >= 4 is 11.2 Å². The lowest BCUT2D eigenvalue weighted by Gasteiger charge is -2.11. The number of oxazole rings is 1. The van der Waals surface area contributed by atoms with Gasteiger partial charge in [0, 0.05) is 23.7 Å². The SMILES string of the molecule is CC(C)(C)c1nc2nccc(CN)c2o1. The van der Waals surface area contributed by atoms with Gasteiger partial charge in [-0.3, -0.25) is 0 Å². The Labute approximate surface area is 88.5 Å². The van der Waals surface area contributed by atoms with Crippen LogP contribution in [-0.2, 0) is 12.0 Å². The molecule has 0 bridgehead atoms. The van der Waals surface area contributed by atoms with E-state index in [1.807, 2.05) is 6.07 Å². The van der Waals surface area contributed by atoms with Crippen molar-refractivity contribution in [1.82, 2.24) is 9.97 Å². The molecule has 0 saturated carbocycles. The molecule has 15 heavy (non-hydrogen) atoms. The van der Waals surface area contributed by atoms with Crippen LogP contribution in [0, 0.1) is 0 Å². The van der Waals surface area contributed by atoms with Crippen molar-refractivity contribution in [2.45, 2.75) is 32.7 Å². The van der Waals surface area contributed by atoms with E-state index in [1.54, 1.807) is 6.20 Å². The van der Waals surface area contributed by atoms with Gasteiger partial charge in [-0.2, -0.15) is 4.98 Å². The first-order valence-corrected chi connectivity index (χ1v) is 4.97. The molecule has 2 aromatic heterocycles. The van der Waals surface area contributed by atoms with Crippen molar-refractivity contribution < 1.29 is 4.42 Å². The molecule has 4 nitrogen and oxygen atoms in total. The molecule has 2 rings (SSSR count). The van der Waals surface area contributed by atoms with Gasteiger partial charge in [-0.1, -0.05) is 20.8 Å². The van der Waals surface area contributed by atoms with E-state index in [9.17, 15) is 0 Å². The third kappa shape index (κ3) is 1.72. The Morgan fingerprint density at radius 2 is 2.13 bits per heavy atom. The minimum atomic E-state index is -0.105. The monoisotopic (exact) mass is 205 g/mol. The second-order valence-electron chi connectivity index (χ2n) is 4.60. The predicted octanol–water partition coefficient (Wildman–Crippen LogP) is 1.98. The largest absolute Gasteiger partial charge is 0.438 e. The van der Waals surface area contributed by atoms with E-state index < -0.39 is 0 Å². The Morgan fingerprint density at radius 3 is 2.73 bits per heavy atom. The summed E-state index contributed by atoms with van der Waals surface area (Å²) in [5, 5.41) is 0. The van der Waals surface area contributed by atoms with Crippen LogP contribution in [0.2, 0.25) is 0 Å². The maximum atomic E-state index is 5.70. The highest BCUT2D eigenvalue weighted by Gasteiger charge is 2.22. The van der Waals surface area contributed by atoms with Crippen molar-refractivity contribution in [1.29, 1.82) is 0 Å². The van der Waals surface area contributed by atoms with Gasteiger partial charge in [0.25, 0.3) is 0 Å². The summed E-state index contributed by atoms with van der Waals surface area (Å²) in [6, 6.07) is 1.86. The van der Waals surface area contributed by atoms with Crippen molar-refractivity contribution in [2.24, 2.45) is 5.73 Å². The Balaban J connectivity index is 2.65. The first-order valence-electron chi connectivity index (χ1n) is 4.97. The molecule has 0 unspecified atom stereocenters.